The average Bonchev–Trinajstić information content (AvgIpc) is 2.68. The van der Waals surface area contributed by atoms with Crippen molar-refractivity contribution in [1.82, 2.24) is 9.46 Å². The maximum atomic E-state index is 11.6. The topological polar surface area (TPSA) is 64.3 Å². The molecule has 0 fully saturated rings. The lowest BCUT2D eigenvalue weighted by molar-refractivity contribution is 0.0592. The normalized spacial score (nSPS) is 10.6. The summed E-state index contributed by atoms with van der Waals surface area (Å²) in [5, 5.41) is 10.6. The van der Waals surface area contributed by atoms with E-state index in [9.17, 15) is 9.82 Å². The number of pyridine rings is 1. The number of methoxy groups -OCH3 is 1. The second-order valence-corrected chi connectivity index (χ2v) is 3.92. The molecule has 2 heterocycles. The molecule has 0 spiro atoms. The van der Waals surface area contributed by atoms with Gasteiger partial charge >= 0.3 is 13.0 Å². The molecule has 0 aromatic carbocycles. The van der Waals surface area contributed by atoms with E-state index in [-0.39, 0.29) is 10.8 Å². The Hall–Kier alpha value is -1.53. The number of rotatable bonds is 2. The SMILES string of the molecule is COC(=O)c1cc2c(Cl)nccc2n1B(C)O. The Morgan fingerprint density at radius 3 is 2.94 bits per heavy atom. The van der Waals surface area contributed by atoms with Crippen LogP contribution in [0.25, 0.3) is 10.9 Å². The molecule has 0 atom stereocenters. The molecule has 2 rings (SSSR count). The molecule has 2 aromatic heterocycles. The summed E-state index contributed by atoms with van der Waals surface area (Å²) >= 11 is 5.94. The molecule has 1 N–H and O–H groups in total. The van der Waals surface area contributed by atoms with Crippen molar-refractivity contribution in [3.05, 3.63) is 29.2 Å². The van der Waals surface area contributed by atoms with Crippen LogP contribution in [0.2, 0.25) is 12.0 Å². The molecule has 0 aliphatic carbocycles. The molecule has 0 radical (unpaired) electrons. The van der Waals surface area contributed by atoms with E-state index < -0.39 is 13.0 Å². The minimum absolute atomic E-state index is 0.243. The van der Waals surface area contributed by atoms with Crippen LogP contribution >= 0.6 is 11.6 Å². The summed E-state index contributed by atoms with van der Waals surface area (Å²) in [6.45, 7) is 1.56. The minimum Gasteiger partial charge on any atom is -0.464 e. The maximum absolute atomic E-state index is 11.6. The van der Waals surface area contributed by atoms with Gasteiger partial charge in [0.2, 0.25) is 0 Å². The summed E-state index contributed by atoms with van der Waals surface area (Å²) in [6, 6.07) is 3.24. The molecule has 88 valence electrons. The van der Waals surface area contributed by atoms with E-state index in [1.54, 1.807) is 19.0 Å². The highest BCUT2D eigenvalue weighted by atomic mass is 35.5. The number of fused-ring (bicyclic) bond motifs is 1. The second-order valence-electron chi connectivity index (χ2n) is 3.56. The van der Waals surface area contributed by atoms with Crippen molar-refractivity contribution in [2.24, 2.45) is 0 Å². The van der Waals surface area contributed by atoms with Crippen LogP contribution in [0.5, 0.6) is 0 Å². The van der Waals surface area contributed by atoms with Gasteiger partial charge in [0.05, 0.1) is 7.11 Å². The van der Waals surface area contributed by atoms with Gasteiger partial charge in [0, 0.05) is 17.1 Å². The van der Waals surface area contributed by atoms with Crippen LogP contribution in [-0.4, -0.2) is 34.6 Å². The first kappa shape index (κ1) is 11.9. The largest absolute Gasteiger partial charge is 0.464 e. The average molecular weight is 252 g/mol. The molecule has 2 aromatic rings. The van der Waals surface area contributed by atoms with E-state index in [0.29, 0.717) is 10.9 Å². The Balaban J connectivity index is 2.79. The monoisotopic (exact) mass is 252 g/mol. The van der Waals surface area contributed by atoms with Crippen LogP contribution in [0.4, 0.5) is 0 Å². The number of hydrogen-bond donors (Lipinski definition) is 1. The van der Waals surface area contributed by atoms with Gasteiger partial charge in [-0.15, -0.1) is 0 Å². The van der Waals surface area contributed by atoms with E-state index in [2.05, 4.69) is 9.72 Å². The Morgan fingerprint density at radius 2 is 2.35 bits per heavy atom. The predicted octanol–water partition coefficient (Wildman–Crippen LogP) is 1.43. The molecule has 0 bridgehead atoms. The first-order valence-electron chi connectivity index (χ1n) is 4.98. The van der Waals surface area contributed by atoms with Crippen molar-refractivity contribution >= 4 is 35.5 Å². The number of esters is 1. The third-order valence-corrected chi connectivity index (χ3v) is 2.79. The van der Waals surface area contributed by atoms with Gasteiger partial charge < -0.3 is 14.2 Å². The number of hydrogen-bond acceptors (Lipinski definition) is 4. The van der Waals surface area contributed by atoms with E-state index in [0.717, 1.165) is 0 Å². The fourth-order valence-electron chi connectivity index (χ4n) is 1.78. The van der Waals surface area contributed by atoms with E-state index in [1.165, 1.54) is 17.8 Å². The molecule has 7 heteroatoms. The number of carbonyl (C=O) groups excluding carboxylic acids is 1. The molecular weight excluding hydrogens is 242 g/mol. The smallest absolute Gasteiger partial charge is 0.414 e. The third kappa shape index (κ3) is 1.90. The molecule has 0 aliphatic heterocycles. The third-order valence-electron chi connectivity index (χ3n) is 2.49. The van der Waals surface area contributed by atoms with Crippen LogP contribution in [0.15, 0.2) is 18.3 Å². The van der Waals surface area contributed by atoms with Crippen molar-refractivity contribution in [1.29, 1.82) is 0 Å². The van der Waals surface area contributed by atoms with Crippen LogP contribution in [0.1, 0.15) is 10.5 Å². The summed E-state index contributed by atoms with van der Waals surface area (Å²) in [5.41, 5.74) is 0.882. The lowest BCUT2D eigenvalue weighted by Crippen LogP contribution is -2.24. The van der Waals surface area contributed by atoms with Gasteiger partial charge in [-0.05, 0) is 19.0 Å². The van der Waals surface area contributed by atoms with Gasteiger partial charge in [0.1, 0.15) is 10.8 Å². The zero-order valence-corrected chi connectivity index (χ0v) is 10.1. The highest BCUT2D eigenvalue weighted by molar-refractivity contribution is 6.49. The number of aromatic nitrogens is 2. The zero-order chi connectivity index (χ0) is 12.6. The highest BCUT2D eigenvalue weighted by Gasteiger charge is 2.22. The van der Waals surface area contributed by atoms with E-state index in [1.807, 2.05) is 0 Å². The fraction of sp³-hybridized carbons (Fsp3) is 0.200. The fourth-order valence-corrected chi connectivity index (χ4v) is 1.99. The first-order valence-corrected chi connectivity index (χ1v) is 5.36. The van der Waals surface area contributed by atoms with Crippen LogP contribution < -0.4 is 0 Å². The number of carbonyl (C=O) groups is 1. The molecule has 5 nitrogen and oxygen atoms in total. The summed E-state index contributed by atoms with van der Waals surface area (Å²) in [7, 11) is 0.423. The number of halogens is 1. The van der Waals surface area contributed by atoms with Crippen molar-refractivity contribution in [2.45, 2.75) is 6.82 Å². The molecule has 0 aliphatic rings. The van der Waals surface area contributed by atoms with Gasteiger partial charge in [0.25, 0.3) is 0 Å². The predicted molar refractivity (Wildman–Crippen MR) is 65.3 cm³/mol. The molecule has 0 saturated heterocycles. The van der Waals surface area contributed by atoms with Crippen LogP contribution in [0.3, 0.4) is 0 Å². The standard InChI is InChI=1S/C10H10BClN2O3/c1-11(16)14-7-3-4-13-9(12)6(7)5-8(14)10(15)17-2/h3-5,16H,1-2H3. The highest BCUT2D eigenvalue weighted by Crippen LogP contribution is 2.25. The summed E-state index contributed by atoms with van der Waals surface area (Å²) < 4.78 is 6.12. The first-order chi connectivity index (χ1) is 8.06. The Bertz CT molecular complexity index is 582. The lowest BCUT2D eigenvalue weighted by atomic mass is 9.87. The molecule has 17 heavy (non-hydrogen) atoms. The summed E-state index contributed by atoms with van der Waals surface area (Å²) in [5.74, 6) is -0.529. The zero-order valence-electron chi connectivity index (χ0n) is 9.35. The van der Waals surface area contributed by atoms with E-state index in [4.69, 9.17) is 11.6 Å². The molecule has 0 amide bonds. The van der Waals surface area contributed by atoms with E-state index >= 15 is 0 Å². The van der Waals surface area contributed by atoms with Gasteiger partial charge in [0.15, 0.2) is 0 Å². The van der Waals surface area contributed by atoms with Crippen molar-refractivity contribution in [3.63, 3.8) is 0 Å². The maximum Gasteiger partial charge on any atom is 0.414 e. The number of ether oxygens (including phenoxy) is 1. The van der Waals surface area contributed by atoms with Gasteiger partial charge in [-0.3, -0.25) is 0 Å². The molecular formula is C10H10BClN2O3. The van der Waals surface area contributed by atoms with Crippen molar-refractivity contribution < 1.29 is 14.6 Å². The van der Waals surface area contributed by atoms with Crippen molar-refractivity contribution in [2.75, 3.05) is 7.11 Å². The summed E-state index contributed by atoms with van der Waals surface area (Å²) in [6.07, 6.45) is 1.52. The second kappa shape index (κ2) is 4.39. The number of nitrogens with zero attached hydrogens (tertiary/aromatic N) is 2. The van der Waals surface area contributed by atoms with Gasteiger partial charge in [-0.1, -0.05) is 11.6 Å². The minimum atomic E-state index is -0.861. The summed E-state index contributed by atoms with van der Waals surface area (Å²) in [4.78, 5) is 15.5. The van der Waals surface area contributed by atoms with Crippen molar-refractivity contribution in [3.8, 4) is 0 Å². The van der Waals surface area contributed by atoms with Gasteiger partial charge in [-0.25, -0.2) is 9.78 Å². The Morgan fingerprint density at radius 1 is 1.65 bits per heavy atom. The Labute approximate surface area is 103 Å². The van der Waals surface area contributed by atoms with Crippen LogP contribution in [0, 0.1) is 0 Å². The quantitative estimate of drug-likeness (QED) is 0.499. The molecule has 0 saturated carbocycles. The van der Waals surface area contributed by atoms with Crippen LogP contribution in [-0.2, 0) is 4.74 Å². The Kier molecular flexibility index (Phi) is 3.08. The molecule has 0 unspecified atom stereocenters. The lowest BCUT2D eigenvalue weighted by Gasteiger charge is -2.09. The van der Waals surface area contributed by atoms with Gasteiger partial charge in [-0.2, -0.15) is 0 Å².